The smallest absolute Gasteiger partial charge is 0.253 e. The summed E-state index contributed by atoms with van der Waals surface area (Å²) in [4.78, 5) is 32.2. The molecule has 0 bridgehead atoms. The van der Waals surface area contributed by atoms with E-state index in [9.17, 15) is 9.59 Å². The highest BCUT2D eigenvalue weighted by Crippen LogP contribution is 2.25. The van der Waals surface area contributed by atoms with E-state index in [1.807, 2.05) is 62.4 Å². The van der Waals surface area contributed by atoms with E-state index >= 15 is 0 Å². The zero-order valence-corrected chi connectivity index (χ0v) is 18.5. The molecule has 0 spiro atoms. The summed E-state index contributed by atoms with van der Waals surface area (Å²) in [5.41, 5.74) is 11.7. The van der Waals surface area contributed by atoms with E-state index in [4.69, 9.17) is 5.73 Å². The van der Waals surface area contributed by atoms with Crippen LogP contribution in [0.1, 0.15) is 44.0 Å². The van der Waals surface area contributed by atoms with Crippen LogP contribution in [0.3, 0.4) is 0 Å². The van der Waals surface area contributed by atoms with Crippen molar-refractivity contribution in [1.29, 1.82) is 0 Å². The molecule has 2 aromatic carbocycles. The van der Waals surface area contributed by atoms with Crippen LogP contribution in [0.2, 0.25) is 0 Å². The van der Waals surface area contributed by atoms with E-state index in [1.54, 1.807) is 17.2 Å². The minimum absolute atomic E-state index is 0.00474. The largest absolute Gasteiger partial charge is 0.348 e. The van der Waals surface area contributed by atoms with Crippen LogP contribution in [-0.2, 0) is 6.54 Å². The highest BCUT2D eigenvalue weighted by Gasteiger charge is 2.25. The summed E-state index contributed by atoms with van der Waals surface area (Å²) in [5.74, 6) is -0.324. The Hall–Kier alpha value is -3.51. The minimum Gasteiger partial charge on any atom is -0.348 e. The van der Waals surface area contributed by atoms with E-state index in [1.165, 1.54) is 0 Å². The number of pyridine rings is 1. The van der Waals surface area contributed by atoms with Crippen molar-refractivity contribution < 1.29 is 9.59 Å². The number of aryl methyl sites for hydroxylation is 2. The van der Waals surface area contributed by atoms with E-state index in [0.29, 0.717) is 30.8 Å². The molecule has 6 nitrogen and oxygen atoms in total. The molecule has 1 fully saturated rings. The number of rotatable bonds is 5. The Labute approximate surface area is 188 Å². The molecule has 3 N–H and O–H groups in total. The molecule has 0 unspecified atom stereocenters. The Morgan fingerprint density at radius 1 is 1.03 bits per heavy atom. The molecular weight excluding hydrogens is 400 g/mol. The topological polar surface area (TPSA) is 88.3 Å². The second-order valence-corrected chi connectivity index (χ2v) is 8.46. The first-order chi connectivity index (χ1) is 15.4. The summed E-state index contributed by atoms with van der Waals surface area (Å²) in [7, 11) is 0. The van der Waals surface area contributed by atoms with E-state index < -0.39 is 0 Å². The number of hydrogen-bond donors (Lipinski definition) is 2. The summed E-state index contributed by atoms with van der Waals surface area (Å²) in [6, 6.07) is 17.3. The standard InChI is InChI=1S/C26H28N4O2/c1-17-3-7-20(8-4-17)21-11-22(25(31)29-15-19-6-5-18(2)28-14-19)13-23(12-21)26(32)30-10-9-24(27)16-30/h3-8,11-14,24H,9-10,15-16,27H2,1-2H3,(H,29,31)/t24-/m1/s1. The lowest BCUT2D eigenvalue weighted by Crippen LogP contribution is -2.32. The summed E-state index contributed by atoms with van der Waals surface area (Å²) >= 11 is 0. The van der Waals surface area contributed by atoms with Gasteiger partial charge in [0.2, 0.25) is 0 Å². The van der Waals surface area contributed by atoms with E-state index in [2.05, 4.69) is 10.3 Å². The quantitative estimate of drug-likeness (QED) is 0.651. The van der Waals surface area contributed by atoms with Crippen LogP contribution in [0, 0.1) is 13.8 Å². The molecule has 3 aromatic rings. The average Bonchev–Trinajstić information content (AvgIpc) is 3.24. The van der Waals surface area contributed by atoms with Crippen molar-refractivity contribution in [3.8, 4) is 11.1 Å². The first-order valence-electron chi connectivity index (χ1n) is 10.9. The van der Waals surface area contributed by atoms with Gasteiger partial charge in [0.15, 0.2) is 0 Å². The van der Waals surface area contributed by atoms with Gasteiger partial charge < -0.3 is 16.0 Å². The SMILES string of the molecule is Cc1ccc(-c2cc(C(=O)NCc3ccc(C)nc3)cc(C(=O)N3CC[C@@H](N)C3)c2)cc1. The third kappa shape index (κ3) is 5.03. The summed E-state index contributed by atoms with van der Waals surface area (Å²) in [6.45, 7) is 5.49. The third-order valence-electron chi connectivity index (χ3n) is 5.76. The molecule has 1 aliphatic rings. The molecule has 4 rings (SSSR count). The van der Waals surface area contributed by atoms with Crippen LogP contribution >= 0.6 is 0 Å². The molecule has 1 atom stereocenters. The molecule has 6 heteroatoms. The monoisotopic (exact) mass is 428 g/mol. The van der Waals surface area contributed by atoms with Crippen molar-refractivity contribution in [2.24, 2.45) is 5.73 Å². The van der Waals surface area contributed by atoms with Gasteiger partial charge in [-0.1, -0.05) is 35.9 Å². The minimum atomic E-state index is -0.230. The normalized spacial score (nSPS) is 15.6. The fourth-order valence-electron chi connectivity index (χ4n) is 3.84. The van der Waals surface area contributed by atoms with Crippen LogP contribution in [-0.4, -0.2) is 40.8 Å². The molecule has 2 amide bonds. The number of aromatic nitrogens is 1. The van der Waals surface area contributed by atoms with Gasteiger partial charge in [-0.3, -0.25) is 14.6 Å². The number of nitrogens with zero attached hydrogens (tertiary/aromatic N) is 2. The maximum atomic E-state index is 13.1. The zero-order chi connectivity index (χ0) is 22.7. The van der Waals surface area contributed by atoms with Crippen LogP contribution in [0.4, 0.5) is 0 Å². The second kappa shape index (κ2) is 9.32. The molecule has 2 heterocycles. The van der Waals surface area contributed by atoms with Crippen LogP contribution in [0.25, 0.3) is 11.1 Å². The van der Waals surface area contributed by atoms with Gasteiger partial charge in [-0.2, -0.15) is 0 Å². The van der Waals surface area contributed by atoms with Gasteiger partial charge in [-0.15, -0.1) is 0 Å². The molecule has 164 valence electrons. The number of likely N-dealkylation sites (tertiary alicyclic amines) is 1. The Morgan fingerprint density at radius 2 is 1.78 bits per heavy atom. The molecule has 1 saturated heterocycles. The molecule has 1 aromatic heterocycles. The Bertz CT molecular complexity index is 1120. The van der Waals surface area contributed by atoms with Gasteiger partial charge in [-0.25, -0.2) is 0 Å². The van der Waals surface area contributed by atoms with Crippen molar-refractivity contribution in [3.05, 3.63) is 88.7 Å². The molecule has 32 heavy (non-hydrogen) atoms. The highest BCUT2D eigenvalue weighted by molar-refractivity contribution is 6.01. The Balaban J connectivity index is 1.63. The number of nitrogens with two attached hydrogens (primary N) is 1. The van der Waals surface area contributed by atoms with Crippen molar-refractivity contribution in [1.82, 2.24) is 15.2 Å². The van der Waals surface area contributed by atoms with E-state index in [0.717, 1.165) is 34.4 Å². The van der Waals surface area contributed by atoms with Gasteiger partial charge in [-0.05, 0) is 61.2 Å². The van der Waals surface area contributed by atoms with Crippen molar-refractivity contribution >= 4 is 11.8 Å². The number of carbonyl (C=O) groups excluding carboxylic acids is 2. The number of hydrogen-bond acceptors (Lipinski definition) is 4. The predicted molar refractivity (Wildman–Crippen MR) is 125 cm³/mol. The number of nitrogens with one attached hydrogen (secondary N) is 1. The van der Waals surface area contributed by atoms with Crippen molar-refractivity contribution in [2.45, 2.75) is 32.9 Å². The molecular formula is C26H28N4O2. The van der Waals surface area contributed by atoms with Gasteiger partial charge in [0.25, 0.3) is 11.8 Å². The third-order valence-corrected chi connectivity index (χ3v) is 5.76. The van der Waals surface area contributed by atoms with E-state index in [-0.39, 0.29) is 17.9 Å². The van der Waals surface area contributed by atoms with Gasteiger partial charge >= 0.3 is 0 Å². The lowest BCUT2D eigenvalue weighted by atomic mass is 9.98. The number of benzene rings is 2. The summed E-state index contributed by atoms with van der Waals surface area (Å²) < 4.78 is 0. The highest BCUT2D eigenvalue weighted by atomic mass is 16.2. The van der Waals surface area contributed by atoms with Gasteiger partial charge in [0.05, 0.1) is 0 Å². The Kier molecular flexibility index (Phi) is 6.32. The van der Waals surface area contributed by atoms with Gasteiger partial charge in [0, 0.05) is 48.7 Å². The lowest BCUT2D eigenvalue weighted by Gasteiger charge is -2.17. The fourth-order valence-corrected chi connectivity index (χ4v) is 3.84. The fraction of sp³-hybridized carbons (Fsp3) is 0.269. The number of carbonyl (C=O) groups is 2. The maximum absolute atomic E-state index is 13.1. The van der Waals surface area contributed by atoms with Gasteiger partial charge in [0.1, 0.15) is 0 Å². The number of amides is 2. The molecule has 0 radical (unpaired) electrons. The Morgan fingerprint density at radius 3 is 2.44 bits per heavy atom. The molecule has 1 aliphatic heterocycles. The summed E-state index contributed by atoms with van der Waals surface area (Å²) in [6.07, 6.45) is 2.55. The van der Waals surface area contributed by atoms with Crippen LogP contribution in [0.5, 0.6) is 0 Å². The van der Waals surface area contributed by atoms with Crippen LogP contribution < -0.4 is 11.1 Å². The predicted octanol–water partition coefficient (Wildman–Crippen LogP) is 3.47. The zero-order valence-electron chi connectivity index (χ0n) is 18.5. The maximum Gasteiger partial charge on any atom is 0.253 e. The molecule has 0 saturated carbocycles. The average molecular weight is 429 g/mol. The first-order valence-corrected chi connectivity index (χ1v) is 10.9. The second-order valence-electron chi connectivity index (χ2n) is 8.46. The first kappa shape index (κ1) is 21.7. The van der Waals surface area contributed by atoms with Crippen molar-refractivity contribution in [3.63, 3.8) is 0 Å². The summed E-state index contributed by atoms with van der Waals surface area (Å²) in [5, 5.41) is 2.94. The molecule has 0 aliphatic carbocycles. The van der Waals surface area contributed by atoms with Crippen LogP contribution in [0.15, 0.2) is 60.8 Å². The van der Waals surface area contributed by atoms with Crippen molar-refractivity contribution in [2.75, 3.05) is 13.1 Å². The lowest BCUT2D eigenvalue weighted by molar-refractivity contribution is 0.0791.